The van der Waals surface area contributed by atoms with Crippen molar-refractivity contribution < 1.29 is 19.4 Å². The number of carboxylic acid groups (broad SMARTS) is 1. The normalized spacial score (nSPS) is 10.8. The number of aliphatic carboxylic acids is 1. The SMILES string of the molecule is CCOc1cc2c(CC(=O)O)cn(C)c2cc1OCC. The Bertz CT molecular complexity index is 630. The average molecular weight is 277 g/mol. The standard InChI is InChI=1S/C15H19NO4/c1-4-19-13-7-11-10(6-15(17)18)9-16(3)12(11)8-14(13)20-5-2/h7-9H,4-6H2,1-3H3,(H,17,18). The van der Waals surface area contributed by atoms with E-state index in [1.165, 1.54) is 0 Å². The van der Waals surface area contributed by atoms with E-state index in [-0.39, 0.29) is 6.42 Å². The monoisotopic (exact) mass is 277 g/mol. The van der Waals surface area contributed by atoms with Crippen LogP contribution in [0.5, 0.6) is 11.5 Å². The number of fused-ring (bicyclic) bond motifs is 1. The zero-order valence-corrected chi connectivity index (χ0v) is 12.0. The van der Waals surface area contributed by atoms with Crippen LogP contribution in [-0.4, -0.2) is 28.9 Å². The molecule has 2 aromatic rings. The van der Waals surface area contributed by atoms with Crippen LogP contribution in [0.25, 0.3) is 10.9 Å². The van der Waals surface area contributed by atoms with E-state index in [4.69, 9.17) is 14.6 Å². The fraction of sp³-hybridized carbons (Fsp3) is 0.400. The van der Waals surface area contributed by atoms with Crippen LogP contribution >= 0.6 is 0 Å². The van der Waals surface area contributed by atoms with Gasteiger partial charge in [-0.15, -0.1) is 0 Å². The molecule has 1 N–H and O–H groups in total. The Morgan fingerprint density at radius 2 is 1.80 bits per heavy atom. The van der Waals surface area contributed by atoms with Crippen molar-refractivity contribution in [3.05, 3.63) is 23.9 Å². The first-order valence-electron chi connectivity index (χ1n) is 6.66. The van der Waals surface area contributed by atoms with Crippen LogP contribution in [0.2, 0.25) is 0 Å². The zero-order chi connectivity index (χ0) is 14.7. The third kappa shape index (κ3) is 2.71. The summed E-state index contributed by atoms with van der Waals surface area (Å²) in [6.07, 6.45) is 1.83. The van der Waals surface area contributed by atoms with Crippen molar-refractivity contribution in [1.29, 1.82) is 0 Å². The Labute approximate surface area is 117 Å². The average Bonchev–Trinajstić information content (AvgIpc) is 2.66. The maximum Gasteiger partial charge on any atom is 0.307 e. The lowest BCUT2D eigenvalue weighted by Gasteiger charge is -2.11. The van der Waals surface area contributed by atoms with Crippen molar-refractivity contribution >= 4 is 16.9 Å². The maximum absolute atomic E-state index is 10.9. The van der Waals surface area contributed by atoms with Gasteiger partial charge in [0.1, 0.15) is 0 Å². The fourth-order valence-corrected chi connectivity index (χ4v) is 2.31. The molecule has 1 aromatic carbocycles. The Hall–Kier alpha value is -2.17. The van der Waals surface area contributed by atoms with E-state index in [2.05, 4.69) is 0 Å². The Morgan fingerprint density at radius 3 is 2.35 bits per heavy atom. The van der Waals surface area contributed by atoms with E-state index in [1.54, 1.807) is 0 Å². The van der Waals surface area contributed by atoms with Crippen LogP contribution in [0.15, 0.2) is 18.3 Å². The van der Waals surface area contributed by atoms with Gasteiger partial charge in [0.2, 0.25) is 0 Å². The quantitative estimate of drug-likeness (QED) is 0.881. The summed E-state index contributed by atoms with van der Waals surface area (Å²) in [5, 5.41) is 9.87. The summed E-state index contributed by atoms with van der Waals surface area (Å²) in [5.41, 5.74) is 1.71. The minimum absolute atomic E-state index is 0.00309. The number of aryl methyl sites for hydroxylation is 1. The summed E-state index contributed by atoms with van der Waals surface area (Å²) in [6, 6.07) is 3.76. The van der Waals surface area contributed by atoms with Crippen LogP contribution in [0.3, 0.4) is 0 Å². The van der Waals surface area contributed by atoms with Gasteiger partial charge in [-0.1, -0.05) is 0 Å². The van der Waals surface area contributed by atoms with Crippen LogP contribution < -0.4 is 9.47 Å². The number of benzene rings is 1. The van der Waals surface area contributed by atoms with E-state index < -0.39 is 5.97 Å². The molecule has 0 fully saturated rings. The molecule has 0 unspecified atom stereocenters. The second-order valence-electron chi connectivity index (χ2n) is 4.52. The van der Waals surface area contributed by atoms with E-state index in [9.17, 15) is 4.79 Å². The molecule has 0 aliphatic heterocycles. The highest BCUT2D eigenvalue weighted by Gasteiger charge is 2.14. The Kier molecular flexibility index (Phi) is 4.17. The van der Waals surface area contributed by atoms with E-state index in [1.807, 2.05) is 43.8 Å². The van der Waals surface area contributed by atoms with Crippen LogP contribution in [0, 0.1) is 0 Å². The van der Waals surface area contributed by atoms with Gasteiger partial charge in [0, 0.05) is 24.7 Å². The van der Waals surface area contributed by atoms with Crippen LogP contribution in [-0.2, 0) is 18.3 Å². The molecule has 0 radical (unpaired) electrons. The summed E-state index contributed by atoms with van der Waals surface area (Å²) in [5.74, 6) is 0.494. The van der Waals surface area contributed by atoms with Crippen molar-refractivity contribution in [2.24, 2.45) is 7.05 Å². The number of carbonyl (C=O) groups is 1. The molecule has 5 nitrogen and oxygen atoms in total. The summed E-state index contributed by atoms with van der Waals surface area (Å²) in [6.45, 7) is 4.91. The number of carboxylic acids is 1. The molecular weight excluding hydrogens is 258 g/mol. The maximum atomic E-state index is 10.9. The molecule has 108 valence electrons. The molecule has 0 spiro atoms. The molecule has 0 aliphatic carbocycles. The molecule has 5 heteroatoms. The van der Waals surface area contributed by atoms with Gasteiger partial charge < -0.3 is 19.1 Å². The van der Waals surface area contributed by atoms with Crippen molar-refractivity contribution in [2.75, 3.05) is 13.2 Å². The number of hydrogen-bond acceptors (Lipinski definition) is 3. The van der Waals surface area contributed by atoms with Crippen LogP contribution in [0.4, 0.5) is 0 Å². The summed E-state index contributed by atoms with van der Waals surface area (Å²) < 4.78 is 13.1. The number of rotatable bonds is 6. The van der Waals surface area contributed by atoms with Crippen molar-refractivity contribution in [3.63, 3.8) is 0 Å². The van der Waals surface area contributed by atoms with E-state index in [0.29, 0.717) is 24.7 Å². The largest absolute Gasteiger partial charge is 0.490 e. The summed E-state index contributed by atoms with van der Waals surface area (Å²) in [7, 11) is 1.89. The number of ether oxygens (including phenoxy) is 2. The van der Waals surface area contributed by atoms with Gasteiger partial charge in [0.05, 0.1) is 25.2 Å². The van der Waals surface area contributed by atoms with Gasteiger partial charge in [-0.25, -0.2) is 0 Å². The fourth-order valence-electron chi connectivity index (χ4n) is 2.31. The van der Waals surface area contributed by atoms with Gasteiger partial charge in [0.25, 0.3) is 0 Å². The molecule has 0 saturated carbocycles. The second kappa shape index (κ2) is 5.86. The molecule has 0 amide bonds. The molecule has 0 bridgehead atoms. The number of hydrogen-bond donors (Lipinski definition) is 1. The second-order valence-corrected chi connectivity index (χ2v) is 4.52. The molecule has 0 aliphatic rings. The first-order valence-corrected chi connectivity index (χ1v) is 6.66. The Morgan fingerprint density at radius 1 is 1.20 bits per heavy atom. The minimum atomic E-state index is -0.843. The topological polar surface area (TPSA) is 60.7 Å². The molecule has 0 atom stereocenters. The smallest absolute Gasteiger partial charge is 0.307 e. The summed E-state index contributed by atoms with van der Waals surface area (Å²) >= 11 is 0. The highest BCUT2D eigenvalue weighted by Crippen LogP contribution is 2.35. The third-order valence-electron chi connectivity index (χ3n) is 3.08. The molecular formula is C15H19NO4. The summed E-state index contributed by atoms with van der Waals surface area (Å²) in [4.78, 5) is 10.9. The number of nitrogens with zero attached hydrogens (tertiary/aromatic N) is 1. The highest BCUT2D eigenvalue weighted by molar-refractivity contribution is 5.90. The lowest BCUT2D eigenvalue weighted by Crippen LogP contribution is -2.00. The number of aromatic nitrogens is 1. The van der Waals surface area contributed by atoms with E-state index in [0.717, 1.165) is 16.5 Å². The van der Waals surface area contributed by atoms with Crippen molar-refractivity contribution in [3.8, 4) is 11.5 Å². The van der Waals surface area contributed by atoms with Gasteiger partial charge in [-0.2, -0.15) is 0 Å². The van der Waals surface area contributed by atoms with E-state index >= 15 is 0 Å². The molecule has 20 heavy (non-hydrogen) atoms. The molecule has 2 rings (SSSR count). The predicted molar refractivity (Wildman–Crippen MR) is 76.6 cm³/mol. The lowest BCUT2D eigenvalue weighted by atomic mass is 10.1. The lowest BCUT2D eigenvalue weighted by molar-refractivity contribution is -0.136. The van der Waals surface area contributed by atoms with Gasteiger partial charge in [-0.05, 0) is 25.5 Å². The van der Waals surface area contributed by atoms with Gasteiger partial charge in [-0.3, -0.25) is 4.79 Å². The Balaban J connectivity index is 2.58. The van der Waals surface area contributed by atoms with Gasteiger partial charge >= 0.3 is 5.97 Å². The third-order valence-corrected chi connectivity index (χ3v) is 3.08. The molecule has 0 saturated heterocycles. The van der Waals surface area contributed by atoms with Gasteiger partial charge in [0.15, 0.2) is 11.5 Å². The predicted octanol–water partition coefficient (Wildman–Crippen LogP) is 2.60. The van der Waals surface area contributed by atoms with Crippen LogP contribution in [0.1, 0.15) is 19.4 Å². The highest BCUT2D eigenvalue weighted by atomic mass is 16.5. The molecule has 1 aromatic heterocycles. The zero-order valence-electron chi connectivity index (χ0n) is 12.0. The molecule has 1 heterocycles. The first kappa shape index (κ1) is 14.2. The first-order chi connectivity index (χ1) is 9.56. The minimum Gasteiger partial charge on any atom is -0.490 e. The van der Waals surface area contributed by atoms with Crippen molar-refractivity contribution in [1.82, 2.24) is 4.57 Å². The van der Waals surface area contributed by atoms with Crippen molar-refractivity contribution in [2.45, 2.75) is 20.3 Å².